The van der Waals surface area contributed by atoms with Crippen molar-refractivity contribution in [1.82, 2.24) is 4.90 Å². The van der Waals surface area contributed by atoms with Crippen LogP contribution in [0.15, 0.2) is 79.9 Å². The summed E-state index contributed by atoms with van der Waals surface area (Å²) in [7, 11) is 0. The highest BCUT2D eigenvalue weighted by Crippen LogP contribution is 2.71. The number of aliphatic hydroxyl groups excluding tert-OH is 1. The minimum absolute atomic E-state index is 0.191. The van der Waals surface area contributed by atoms with Gasteiger partial charge in [0.25, 0.3) is 5.91 Å². The van der Waals surface area contributed by atoms with Crippen molar-refractivity contribution in [3.8, 4) is 0 Å². The van der Waals surface area contributed by atoms with E-state index in [1.807, 2.05) is 37.3 Å². The average Bonchev–Trinajstić information content (AvgIpc) is 3.56. The number of likely N-dealkylation sites (tertiary alicyclic amines) is 1. The quantitative estimate of drug-likeness (QED) is 0.206. The largest absolute Gasteiger partial charge is 0.465 e. The number of benzene rings is 2. The van der Waals surface area contributed by atoms with Crippen LogP contribution in [-0.4, -0.2) is 69.1 Å². The molecule has 5 rings (SSSR count). The zero-order valence-corrected chi connectivity index (χ0v) is 25.4. The van der Waals surface area contributed by atoms with Gasteiger partial charge in [-0.2, -0.15) is 0 Å². The second-order valence-electron chi connectivity index (χ2n) is 11.5. The number of hydrogen-bond donors (Lipinski definition) is 1. The molecule has 1 spiro atoms. The Hall–Kier alpha value is -3.07. The van der Waals surface area contributed by atoms with Crippen molar-refractivity contribution in [2.45, 2.75) is 54.2 Å². The zero-order valence-electron chi connectivity index (χ0n) is 23.8. The van der Waals surface area contributed by atoms with Gasteiger partial charge >= 0.3 is 5.97 Å². The number of amides is 2. The fraction of sp³-hybridized carbons (Fsp3) is 0.424. The van der Waals surface area contributed by atoms with E-state index in [1.165, 1.54) is 0 Å². The van der Waals surface area contributed by atoms with Gasteiger partial charge in [-0.15, -0.1) is 24.9 Å². The number of aliphatic hydroxyl groups is 1. The van der Waals surface area contributed by atoms with Gasteiger partial charge in [-0.3, -0.25) is 14.4 Å². The SMILES string of the molecule is C=CCCOC(=O)[C@H]1[C@H]2C(=O)N([C@@H](CO)Cc3ccccc3)C(C(=O)N(CC=C)c3ccc(Cl)cc3)C23CC[C@]1(C)S3. The van der Waals surface area contributed by atoms with Crippen LogP contribution in [0.5, 0.6) is 0 Å². The lowest BCUT2D eigenvalue weighted by molar-refractivity contribution is -0.156. The van der Waals surface area contributed by atoms with Crippen LogP contribution in [0.25, 0.3) is 0 Å². The highest BCUT2D eigenvalue weighted by atomic mass is 35.5. The van der Waals surface area contributed by atoms with Gasteiger partial charge in [0.15, 0.2) is 0 Å². The van der Waals surface area contributed by atoms with Crippen molar-refractivity contribution in [2.75, 3.05) is 24.7 Å². The lowest BCUT2D eigenvalue weighted by Crippen LogP contribution is -2.58. The Morgan fingerprint density at radius 3 is 2.52 bits per heavy atom. The number of rotatable bonds is 12. The summed E-state index contributed by atoms with van der Waals surface area (Å²) in [6, 6.07) is 15.0. The van der Waals surface area contributed by atoms with Crippen molar-refractivity contribution in [3.05, 3.63) is 90.5 Å². The highest BCUT2D eigenvalue weighted by molar-refractivity contribution is 8.02. The summed E-state index contributed by atoms with van der Waals surface area (Å²) < 4.78 is 4.26. The van der Waals surface area contributed by atoms with Crippen LogP contribution in [-0.2, 0) is 25.5 Å². The first kappa shape index (κ1) is 30.4. The predicted molar refractivity (Wildman–Crippen MR) is 166 cm³/mol. The maximum atomic E-state index is 14.8. The van der Waals surface area contributed by atoms with E-state index < -0.39 is 39.4 Å². The summed E-state index contributed by atoms with van der Waals surface area (Å²) in [6.45, 7) is 9.67. The van der Waals surface area contributed by atoms with Gasteiger partial charge in [0, 0.05) is 22.0 Å². The van der Waals surface area contributed by atoms with Gasteiger partial charge in [0.2, 0.25) is 5.91 Å². The van der Waals surface area contributed by atoms with Gasteiger partial charge in [0.1, 0.15) is 6.04 Å². The van der Waals surface area contributed by atoms with Crippen molar-refractivity contribution < 1.29 is 24.2 Å². The second kappa shape index (κ2) is 12.3. The average molecular weight is 609 g/mol. The Bertz CT molecular complexity index is 1350. The normalized spacial score (nSPS) is 28.3. The first-order valence-electron chi connectivity index (χ1n) is 14.3. The van der Waals surface area contributed by atoms with Gasteiger partial charge in [-0.25, -0.2) is 0 Å². The topological polar surface area (TPSA) is 87.1 Å². The fourth-order valence-corrected chi connectivity index (χ4v) is 9.54. The Morgan fingerprint density at radius 1 is 1.17 bits per heavy atom. The van der Waals surface area contributed by atoms with Crippen LogP contribution in [0, 0.1) is 11.8 Å². The molecule has 3 fully saturated rings. The molecule has 1 N–H and O–H groups in total. The van der Waals surface area contributed by atoms with Gasteiger partial charge < -0.3 is 19.6 Å². The van der Waals surface area contributed by atoms with E-state index in [2.05, 4.69) is 13.2 Å². The van der Waals surface area contributed by atoms with Gasteiger partial charge in [-0.1, -0.05) is 54.1 Å². The second-order valence-corrected chi connectivity index (χ2v) is 13.8. The first-order chi connectivity index (χ1) is 20.2. The highest BCUT2D eigenvalue weighted by Gasteiger charge is 2.78. The van der Waals surface area contributed by atoms with Crippen LogP contribution < -0.4 is 4.90 Å². The molecule has 2 unspecified atom stereocenters. The molecule has 42 heavy (non-hydrogen) atoms. The molecule has 3 aliphatic heterocycles. The number of carbonyl (C=O) groups is 3. The van der Waals surface area contributed by atoms with E-state index in [0.29, 0.717) is 36.4 Å². The van der Waals surface area contributed by atoms with E-state index >= 15 is 0 Å². The number of nitrogens with zero attached hydrogens (tertiary/aromatic N) is 2. The zero-order chi connectivity index (χ0) is 30.1. The van der Waals surface area contributed by atoms with E-state index in [4.69, 9.17) is 16.3 Å². The molecular weight excluding hydrogens is 572 g/mol. The lowest BCUT2D eigenvalue weighted by atomic mass is 9.66. The maximum Gasteiger partial charge on any atom is 0.311 e. The third kappa shape index (κ3) is 5.18. The minimum atomic E-state index is -0.899. The molecule has 7 nitrogen and oxygen atoms in total. The van der Waals surface area contributed by atoms with E-state index in [0.717, 1.165) is 5.56 Å². The summed E-state index contributed by atoms with van der Waals surface area (Å²) in [5.41, 5.74) is 1.57. The number of carbonyl (C=O) groups excluding carboxylic acids is 3. The molecule has 0 aromatic heterocycles. The standard InChI is InChI=1S/C33H37ClN2O5S/c1-4-6-19-41-31(40)27-26-29(38)36(25(21-37)20-22-10-8-7-9-11-22)28(33(26)17-16-32(27,3)42-33)30(39)35(18-5-2)24-14-12-23(34)13-15-24/h4-5,7-15,25-28,37H,1-2,6,16-21H2,3H3/t25-,26+,27-,28?,32+,33?/m1/s1. The molecule has 0 aliphatic carbocycles. The van der Waals surface area contributed by atoms with Crippen LogP contribution in [0.2, 0.25) is 5.02 Å². The maximum absolute atomic E-state index is 14.8. The van der Waals surface area contributed by atoms with Crippen molar-refractivity contribution in [1.29, 1.82) is 0 Å². The number of thioether (sulfide) groups is 1. The number of esters is 1. The molecule has 2 amide bonds. The van der Waals surface area contributed by atoms with Crippen molar-refractivity contribution >= 4 is 46.8 Å². The molecular formula is C33H37ClN2O5S. The van der Waals surface area contributed by atoms with E-state index in [-0.39, 0.29) is 31.6 Å². The van der Waals surface area contributed by atoms with E-state index in [1.54, 1.807) is 58.0 Å². The summed E-state index contributed by atoms with van der Waals surface area (Å²) in [4.78, 5) is 46.2. The van der Waals surface area contributed by atoms with Crippen LogP contribution in [0.1, 0.15) is 31.7 Å². The summed E-state index contributed by atoms with van der Waals surface area (Å²) in [5.74, 6) is -2.40. The smallest absolute Gasteiger partial charge is 0.311 e. The van der Waals surface area contributed by atoms with Crippen LogP contribution in [0.3, 0.4) is 0 Å². The number of halogens is 1. The molecule has 6 atom stereocenters. The van der Waals surface area contributed by atoms with Crippen molar-refractivity contribution in [3.63, 3.8) is 0 Å². The molecule has 9 heteroatoms. The molecule has 0 radical (unpaired) electrons. The number of fused-ring (bicyclic) bond motifs is 1. The Kier molecular flexibility index (Phi) is 8.88. The first-order valence-corrected chi connectivity index (χ1v) is 15.5. The number of hydrogen-bond acceptors (Lipinski definition) is 6. The molecule has 2 aromatic rings. The van der Waals surface area contributed by atoms with Gasteiger partial charge in [0.05, 0.1) is 35.8 Å². The van der Waals surface area contributed by atoms with E-state index in [9.17, 15) is 19.5 Å². The fourth-order valence-electron chi connectivity index (χ4n) is 7.08. The Balaban J connectivity index is 1.60. The Labute approximate surface area is 256 Å². The molecule has 2 aromatic carbocycles. The number of ether oxygens (including phenoxy) is 1. The predicted octanol–water partition coefficient (Wildman–Crippen LogP) is 5.06. The van der Waals surface area contributed by atoms with Crippen molar-refractivity contribution in [2.24, 2.45) is 11.8 Å². The monoisotopic (exact) mass is 608 g/mol. The van der Waals surface area contributed by atoms with Gasteiger partial charge in [-0.05, 0) is 62.4 Å². The molecule has 222 valence electrons. The third-order valence-corrected chi connectivity index (χ3v) is 11.1. The summed E-state index contributed by atoms with van der Waals surface area (Å²) >= 11 is 7.73. The molecule has 3 heterocycles. The lowest BCUT2D eigenvalue weighted by Gasteiger charge is -2.39. The molecule has 3 aliphatic rings. The van der Waals surface area contributed by atoms with Crippen LogP contribution in [0.4, 0.5) is 5.69 Å². The summed E-state index contributed by atoms with van der Waals surface area (Å²) in [5, 5.41) is 11.2. The molecule has 3 saturated heterocycles. The third-order valence-electron chi connectivity index (χ3n) is 8.90. The number of anilines is 1. The Morgan fingerprint density at radius 2 is 1.88 bits per heavy atom. The minimum Gasteiger partial charge on any atom is -0.465 e. The van der Waals surface area contributed by atoms with Crippen LogP contribution >= 0.6 is 23.4 Å². The summed E-state index contributed by atoms with van der Waals surface area (Å²) in [6.07, 6.45) is 5.49. The molecule has 2 bridgehead atoms. The molecule has 0 saturated carbocycles.